The molecular weight excluding hydrogens is 677 g/mol. The summed E-state index contributed by atoms with van der Waals surface area (Å²) in [4.78, 5) is 33.7. The van der Waals surface area contributed by atoms with Crippen LogP contribution in [0.4, 0.5) is 9.59 Å². The van der Waals surface area contributed by atoms with E-state index in [1.807, 2.05) is 101 Å². The molecule has 248 valence electrons. The van der Waals surface area contributed by atoms with Crippen LogP contribution in [0.2, 0.25) is 0 Å². The standard InChI is InChI=1S/C33H36N4O6S4/c1-35(2)34-18-25-15-26(40-23-42-32(38)36(19-28-7-3-11-44-28)20-29-8-4-12-45-29)17-27(16-25)41-24-43-33(39)37(21-30-9-5-13-46-30)22-31-10-6-14-47-31/h3-17,34H,18-24H2,1-2H3. The van der Waals surface area contributed by atoms with Gasteiger partial charge < -0.3 is 18.9 Å². The fourth-order valence-corrected chi connectivity index (χ4v) is 7.24. The van der Waals surface area contributed by atoms with Crippen LogP contribution in [0.25, 0.3) is 0 Å². The molecule has 47 heavy (non-hydrogen) atoms. The quantitative estimate of drug-likeness (QED) is 0.0770. The molecule has 0 radical (unpaired) electrons. The Morgan fingerprint density at radius 1 is 0.617 bits per heavy atom. The van der Waals surface area contributed by atoms with Gasteiger partial charge in [-0.25, -0.2) is 9.59 Å². The molecule has 10 nitrogen and oxygen atoms in total. The van der Waals surface area contributed by atoms with Crippen molar-refractivity contribution < 1.29 is 28.5 Å². The van der Waals surface area contributed by atoms with Gasteiger partial charge in [-0.1, -0.05) is 24.3 Å². The average Bonchev–Trinajstić information content (AvgIpc) is 3.89. The summed E-state index contributed by atoms with van der Waals surface area (Å²) < 4.78 is 22.8. The number of amides is 2. The number of carbonyl (C=O) groups is 2. The van der Waals surface area contributed by atoms with Crippen LogP contribution in [-0.2, 0) is 42.2 Å². The zero-order valence-electron chi connectivity index (χ0n) is 26.0. The first-order valence-electron chi connectivity index (χ1n) is 14.6. The number of thiophene rings is 4. The van der Waals surface area contributed by atoms with Gasteiger partial charge in [0.2, 0.25) is 13.6 Å². The summed E-state index contributed by atoms with van der Waals surface area (Å²) in [6.07, 6.45) is -0.953. The van der Waals surface area contributed by atoms with E-state index in [0.717, 1.165) is 25.1 Å². The number of benzene rings is 1. The van der Waals surface area contributed by atoms with Crippen LogP contribution in [-0.4, -0.2) is 54.7 Å². The predicted octanol–water partition coefficient (Wildman–Crippen LogP) is 7.85. The summed E-state index contributed by atoms with van der Waals surface area (Å²) in [6.45, 7) is 1.67. The van der Waals surface area contributed by atoms with E-state index in [1.54, 1.807) is 61.2 Å². The Morgan fingerprint density at radius 2 is 1.00 bits per heavy atom. The zero-order valence-corrected chi connectivity index (χ0v) is 29.3. The summed E-state index contributed by atoms with van der Waals surface area (Å²) in [7, 11) is 3.79. The molecular formula is C33H36N4O6S4. The third-order valence-corrected chi connectivity index (χ3v) is 10.0. The molecule has 0 fully saturated rings. The first kappa shape index (κ1) is 34.4. The minimum atomic E-state index is -0.477. The van der Waals surface area contributed by atoms with Crippen molar-refractivity contribution in [1.82, 2.24) is 20.2 Å². The van der Waals surface area contributed by atoms with Gasteiger partial charge >= 0.3 is 12.2 Å². The van der Waals surface area contributed by atoms with Gasteiger partial charge in [0.15, 0.2) is 0 Å². The normalized spacial score (nSPS) is 11.0. The molecule has 1 N–H and O–H groups in total. The fourth-order valence-electron chi connectivity index (χ4n) is 4.36. The van der Waals surface area contributed by atoms with E-state index in [1.165, 1.54) is 0 Å². The lowest BCUT2D eigenvalue weighted by Gasteiger charge is -2.22. The Bertz CT molecular complexity index is 1440. The number of nitrogens with one attached hydrogen (secondary N) is 1. The zero-order chi connectivity index (χ0) is 32.8. The van der Waals surface area contributed by atoms with Crippen molar-refractivity contribution in [3.8, 4) is 11.5 Å². The first-order valence-corrected chi connectivity index (χ1v) is 18.2. The van der Waals surface area contributed by atoms with E-state index in [-0.39, 0.29) is 13.6 Å². The molecule has 0 aliphatic heterocycles. The van der Waals surface area contributed by atoms with E-state index in [9.17, 15) is 9.59 Å². The van der Waals surface area contributed by atoms with Gasteiger partial charge in [-0.3, -0.25) is 20.2 Å². The third-order valence-electron chi connectivity index (χ3n) is 6.58. The van der Waals surface area contributed by atoms with Crippen LogP contribution in [0.15, 0.2) is 88.3 Å². The van der Waals surface area contributed by atoms with Gasteiger partial charge in [0, 0.05) is 46.2 Å². The molecule has 0 bridgehead atoms. The molecule has 0 saturated heterocycles. The maximum atomic E-state index is 13.1. The van der Waals surface area contributed by atoms with Crippen molar-refractivity contribution in [3.63, 3.8) is 0 Å². The van der Waals surface area contributed by atoms with Crippen molar-refractivity contribution in [2.24, 2.45) is 0 Å². The number of hydrogen-bond acceptors (Lipinski definition) is 12. The fraction of sp³-hybridized carbons (Fsp3) is 0.273. The number of hydrogen-bond donors (Lipinski definition) is 1. The Kier molecular flexibility index (Phi) is 13.1. The molecule has 14 heteroatoms. The Morgan fingerprint density at radius 3 is 1.32 bits per heavy atom. The van der Waals surface area contributed by atoms with E-state index in [0.29, 0.717) is 44.2 Å². The molecule has 4 heterocycles. The molecule has 5 aromatic rings. The number of hydrazine groups is 1. The van der Waals surface area contributed by atoms with Gasteiger partial charge in [-0.2, -0.15) is 0 Å². The van der Waals surface area contributed by atoms with Crippen molar-refractivity contribution in [2.45, 2.75) is 32.7 Å². The van der Waals surface area contributed by atoms with Crippen molar-refractivity contribution >= 4 is 57.5 Å². The highest BCUT2D eigenvalue weighted by molar-refractivity contribution is 7.10. The first-order chi connectivity index (χ1) is 22.9. The van der Waals surface area contributed by atoms with Crippen LogP contribution in [0.1, 0.15) is 25.1 Å². The van der Waals surface area contributed by atoms with E-state index in [2.05, 4.69) is 5.43 Å². The SMILES string of the molecule is CN(C)NCc1cc(OCOC(=O)N(Cc2cccs2)Cc2cccs2)cc(OCOC(=O)N(Cc2cccs2)Cc2cccs2)c1. The summed E-state index contributed by atoms with van der Waals surface area (Å²) in [5, 5.41) is 9.77. The van der Waals surface area contributed by atoms with Gasteiger partial charge in [-0.15, -0.1) is 45.3 Å². The van der Waals surface area contributed by atoms with Gasteiger partial charge in [0.1, 0.15) is 11.5 Å². The Hall–Kier alpha value is -3.92. The Labute approximate surface area is 290 Å². The van der Waals surface area contributed by atoms with E-state index in [4.69, 9.17) is 18.9 Å². The molecule has 1 aromatic carbocycles. The molecule has 5 rings (SSSR count). The smallest absolute Gasteiger partial charge is 0.413 e. The van der Waals surface area contributed by atoms with Crippen molar-refractivity contribution in [3.05, 3.63) is 113 Å². The predicted molar refractivity (Wildman–Crippen MR) is 187 cm³/mol. The second-order valence-electron chi connectivity index (χ2n) is 10.4. The largest absolute Gasteiger partial charge is 0.457 e. The van der Waals surface area contributed by atoms with Gasteiger partial charge in [-0.05, 0) is 63.5 Å². The summed E-state index contributed by atoms with van der Waals surface area (Å²) >= 11 is 6.36. The lowest BCUT2D eigenvalue weighted by atomic mass is 10.2. The van der Waals surface area contributed by atoms with Crippen LogP contribution in [0, 0.1) is 0 Å². The molecule has 0 aliphatic carbocycles. The van der Waals surface area contributed by atoms with Crippen LogP contribution in [0.5, 0.6) is 11.5 Å². The number of carbonyl (C=O) groups excluding carboxylic acids is 2. The Balaban J connectivity index is 1.18. The van der Waals surface area contributed by atoms with Crippen LogP contribution >= 0.6 is 45.3 Å². The van der Waals surface area contributed by atoms with Crippen LogP contribution in [0.3, 0.4) is 0 Å². The van der Waals surface area contributed by atoms with E-state index < -0.39 is 12.2 Å². The second-order valence-corrected chi connectivity index (χ2v) is 14.5. The highest BCUT2D eigenvalue weighted by atomic mass is 32.1. The molecule has 0 saturated carbocycles. The highest BCUT2D eigenvalue weighted by Crippen LogP contribution is 2.25. The topological polar surface area (TPSA) is 92.8 Å². The summed E-state index contributed by atoms with van der Waals surface area (Å²) in [6, 6.07) is 21.2. The highest BCUT2D eigenvalue weighted by Gasteiger charge is 2.19. The summed E-state index contributed by atoms with van der Waals surface area (Å²) in [5.41, 5.74) is 4.08. The summed E-state index contributed by atoms with van der Waals surface area (Å²) in [5.74, 6) is 0.884. The van der Waals surface area contributed by atoms with Gasteiger partial charge in [0.05, 0.1) is 26.2 Å². The van der Waals surface area contributed by atoms with Crippen molar-refractivity contribution in [2.75, 3.05) is 27.7 Å². The molecule has 2 amide bonds. The number of ether oxygens (including phenoxy) is 4. The molecule has 4 aromatic heterocycles. The third kappa shape index (κ3) is 11.4. The maximum absolute atomic E-state index is 13.1. The number of rotatable bonds is 17. The molecule has 0 aliphatic rings. The average molecular weight is 713 g/mol. The minimum absolute atomic E-state index is 0.288. The lowest BCUT2D eigenvalue weighted by molar-refractivity contribution is 0.0295. The minimum Gasteiger partial charge on any atom is -0.457 e. The monoisotopic (exact) mass is 712 g/mol. The van der Waals surface area contributed by atoms with E-state index >= 15 is 0 Å². The molecule has 0 atom stereocenters. The molecule has 0 unspecified atom stereocenters. The molecule has 0 spiro atoms. The number of nitrogens with zero attached hydrogens (tertiary/aromatic N) is 3. The maximum Gasteiger partial charge on any atom is 0.413 e. The lowest BCUT2D eigenvalue weighted by Crippen LogP contribution is -2.31. The van der Waals surface area contributed by atoms with Crippen LogP contribution < -0.4 is 14.9 Å². The van der Waals surface area contributed by atoms with Gasteiger partial charge in [0.25, 0.3) is 0 Å². The second kappa shape index (κ2) is 17.8. The van der Waals surface area contributed by atoms with Crippen molar-refractivity contribution in [1.29, 1.82) is 0 Å².